The van der Waals surface area contributed by atoms with Crippen molar-refractivity contribution in [2.75, 3.05) is 26.2 Å². The summed E-state index contributed by atoms with van der Waals surface area (Å²) in [5.74, 6) is 0. The predicted molar refractivity (Wildman–Crippen MR) is 109 cm³/mol. The monoisotopic (exact) mass is 394 g/mol. The molecule has 0 saturated carbocycles. The first-order chi connectivity index (χ1) is 12.3. The minimum atomic E-state index is 1.04. The number of rotatable bonds is 4. The second-order valence-corrected chi connectivity index (χ2v) is 7.74. The molecule has 25 heavy (non-hydrogen) atoms. The molecule has 3 aromatic rings. The van der Waals surface area contributed by atoms with Crippen LogP contribution in [0.1, 0.15) is 11.1 Å². The van der Waals surface area contributed by atoms with Crippen LogP contribution in [0, 0.1) is 0 Å². The Morgan fingerprint density at radius 1 is 0.720 bits per heavy atom. The maximum atomic E-state index is 3.57. The van der Waals surface area contributed by atoms with Crippen LogP contribution in [0.25, 0.3) is 10.8 Å². The van der Waals surface area contributed by atoms with Gasteiger partial charge in [-0.3, -0.25) is 9.80 Å². The zero-order valence-electron chi connectivity index (χ0n) is 14.4. The van der Waals surface area contributed by atoms with Crippen LogP contribution in [0.15, 0.2) is 71.2 Å². The quantitative estimate of drug-likeness (QED) is 0.619. The number of hydrogen-bond donors (Lipinski definition) is 0. The summed E-state index contributed by atoms with van der Waals surface area (Å²) < 4.78 is 1.17. The zero-order chi connectivity index (χ0) is 17.1. The number of benzene rings is 3. The minimum absolute atomic E-state index is 1.04. The second-order valence-electron chi connectivity index (χ2n) is 6.82. The van der Waals surface area contributed by atoms with Gasteiger partial charge >= 0.3 is 0 Å². The molecular weight excluding hydrogens is 372 g/mol. The molecule has 0 bridgehead atoms. The fourth-order valence-corrected chi connectivity index (χ4v) is 4.12. The molecule has 2 nitrogen and oxygen atoms in total. The summed E-state index contributed by atoms with van der Waals surface area (Å²) in [4.78, 5) is 5.14. The fourth-order valence-electron chi connectivity index (χ4n) is 3.67. The summed E-state index contributed by atoms with van der Waals surface area (Å²) in [5.41, 5.74) is 2.83. The van der Waals surface area contributed by atoms with E-state index in [1.54, 1.807) is 0 Å². The van der Waals surface area contributed by atoms with Crippen LogP contribution < -0.4 is 0 Å². The van der Waals surface area contributed by atoms with Crippen molar-refractivity contribution in [3.05, 3.63) is 82.3 Å². The maximum Gasteiger partial charge on any atom is 0.0240 e. The molecule has 0 unspecified atom stereocenters. The van der Waals surface area contributed by atoms with Gasteiger partial charge in [0.2, 0.25) is 0 Å². The van der Waals surface area contributed by atoms with E-state index in [1.807, 2.05) is 0 Å². The molecule has 3 heteroatoms. The number of piperazine rings is 1. The Bertz CT molecular complexity index is 848. The highest BCUT2D eigenvalue weighted by Gasteiger charge is 2.17. The van der Waals surface area contributed by atoms with Gasteiger partial charge < -0.3 is 0 Å². The number of halogens is 1. The Balaban J connectivity index is 1.37. The summed E-state index contributed by atoms with van der Waals surface area (Å²) in [6.45, 7) is 6.64. The van der Waals surface area contributed by atoms with Crippen molar-refractivity contribution in [2.45, 2.75) is 13.1 Å². The first-order valence-corrected chi connectivity index (χ1v) is 9.73. The molecule has 1 saturated heterocycles. The van der Waals surface area contributed by atoms with Crippen LogP contribution in [0.5, 0.6) is 0 Å². The average molecular weight is 395 g/mol. The normalized spacial score (nSPS) is 16.4. The second kappa shape index (κ2) is 7.69. The molecule has 0 atom stereocenters. The summed E-state index contributed by atoms with van der Waals surface area (Å²) in [7, 11) is 0. The standard InChI is InChI=1S/C22H23BrN2/c23-21-9-3-5-18(15-21)16-24-11-13-25(14-12-24)17-20-8-4-7-19-6-1-2-10-22(19)20/h1-10,15H,11-14,16-17H2. The van der Waals surface area contributed by atoms with Crippen LogP contribution in [0.3, 0.4) is 0 Å². The van der Waals surface area contributed by atoms with Crippen molar-refractivity contribution in [1.82, 2.24) is 9.80 Å². The maximum absolute atomic E-state index is 3.57. The molecule has 3 aromatic carbocycles. The van der Waals surface area contributed by atoms with Crippen LogP contribution in [-0.4, -0.2) is 36.0 Å². The lowest BCUT2D eigenvalue weighted by atomic mass is 10.0. The van der Waals surface area contributed by atoms with Crippen LogP contribution in [0.4, 0.5) is 0 Å². The molecule has 4 rings (SSSR count). The van der Waals surface area contributed by atoms with Gasteiger partial charge in [0.15, 0.2) is 0 Å². The average Bonchev–Trinajstić information content (AvgIpc) is 2.64. The molecule has 0 spiro atoms. The Hall–Kier alpha value is -1.68. The van der Waals surface area contributed by atoms with Gasteiger partial charge in [-0.25, -0.2) is 0 Å². The van der Waals surface area contributed by atoms with Gasteiger partial charge in [-0.05, 0) is 34.0 Å². The van der Waals surface area contributed by atoms with Gasteiger partial charge in [-0.2, -0.15) is 0 Å². The molecule has 0 N–H and O–H groups in total. The number of fused-ring (bicyclic) bond motifs is 1. The van der Waals surface area contributed by atoms with Crippen molar-refractivity contribution in [3.8, 4) is 0 Å². The summed E-state index contributed by atoms with van der Waals surface area (Å²) in [6, 6.07) is 24.0. The SMILES string of the molecule is Brc1cccc(CN2CCN(Cc3cccc4ccccc34)CC2)c1. The highest BCUT2D eigenvalue weighted by Crippen LogP contribution is 2.21. The largest absolute Gasteiger partial charge is 0.297 e. The van der Waals surface area contributed by atoms with Crippen molar-refractivity contribution >= 4 is 26.7 Å². The van der Waals surface area contributed by atoms with Crippen molar-refractivity contribution in [3.63, 3.8) is 0 Å². The Kier molecular flexibility index (Phi) is 5.16. The summed E-state index contributed by atoms with van der Waals surface area (Å²) in [6.07, 6.45) is 0. The van der Waals surface area contributed by atoms with Gasteiger partial charge in [0.1, 0.15) is 0 Å². The van der Waals surface area contributed by atoms with E-state index >= 15 is 0 Å². The van der Waals surface area contributed by atoms with E-state index in [0.717, 1.165) is 39.3 Å². The third-order valence-electron chi connectivity index (χ3n) is 5.03. The molecule has 0 aliphatic carbocycles. The van der Waals surface area contributed by atoms with Gasteiger partial charge in [0, 0.05) is 43.7 Å². The Morgan fingerprint density at radius 3 is 2.20 bits per heavy atom. The van der Waals surface area contributed by atoms with E-state index in [-0.39, 0.29) is 0 Å². The van der Waals surface area contributed by atoms with Gasteiger partial charge in [0.05, 0.1) is 0 Å². The van der Waals surface area contributed by atoms with E-state index in [2.05, 4.69) is 92.5 Å². The predicted octanol–water partition coefficient (Wildman–Crippen LogP) is 4.92. The van der Waals surface area contributed by atoms with E-state index in [9.17, 15) is 0 Å². The molecule has 1 aliphatic heterocycles. The molecule has 1 heterocycles. The molecule has 0 aromatic heterocycles. The smallest absolute Gasteiger partial charge is 0.0240 e. The highest BCUT2D eigenvalue weighted by molar-refractivity contribution is 9.10. The summed E-state index contributed by atoms with van der Waals surface area (Å²) in [5, 5.41) is 2.73. The fraction of sp³-hybridized carbons (Fsp3) is 0.273. The van der Waals surface area contributed by atoms with E-state index in [1.165, 1.54) is 26.4 Å². The first-order valence-electron chi connectivity index (χ1n) is 8.94. The van der Waals surface area contributed by atoms with Crippen molar-refractivity contribution in [1.29, 1.82) is 0 Å². The molecule has 1 aliphatic rings. The van der Waals surface area contributed by atoms with Gasteiger partial charge in [-0.15, -0.1) is 0 Å². The van der Waals surface area contributed by atoms with Crippen molar-refractivity contribution < 1.29 is 0 Å². The number of nitrogens with zero attached hydrogens (tertiary/aromatic N) is 2. The van der Waals surface area contributed by atoms with E-state index in [4.69, 9.17) is 0 Å². The van der Waals surface area contributed by atoms with Gasteiger partial charge in [-0.1, -0.05) is 70.5 Å². The van der Waals surface area contributed by atoms with Crippen LogP contribution in [-0.2, 0) is 13.1 Å². The van der Waals surface area contributed by atoms with E-state index < -0.39 is 0 Å². The zero-order valence-corrected chi connectivity index (χ0v) is 16.0. The molecule has 128 valence electrons. The lowest BCUT2D eigenvalue weighted by Gasteiger charge is -2.35. The van der Waals surface area contributed by atoms with Crippen molar-refractivity contribution in [2.24, 2.45) is 0 Å². The molecule has 0 radical (unpaired) electrons. The molecule has 1 fully saturated rings. The lowest BCUT2D eigenvalue weighted by molar-refractivity contribution is 0.122. The Labute approximate surface area is 158 Å². The minimum Gasteiger partial charge on any atom is -0.297 e. The lowest BCUT2D eigenvalue weighted by Crippen LogP contribution is -2.45. The number of hydrogen-bond acceptors (Lipinski definition) is 2. The summed E-state index contributed by atoms with van der Waals surface area (Å²) >= 11 is 3.57. The Morgan fingerprint density at radius 2 is 1.40 bits per heavy atom. The van der Waals surface area contributed by atoms with Gasteiger partial charge in [0.25, 0.3) is 0 Å². The third-order valence-corrected chi connectivity index (χ3v) is 5.53. The third kappa shape index (κ3) is 4.12. The van der Waals surface area contributed by atoms with Crippen LogP contribution >= 0.6 is 15.9 Å². The van der Waals surface area contributed by atoms with Crippen LogP contribution in [0.2, 0.25) is 0 Å². The first kappa shape index (κ1) is 16.8. The molecular formula is C22H23BrN2. The van der Waals surface area contributed by atoms with E-state index in [0.29, 0.717) is 0 Å². The molecule has 0 amide bonds. The topological polar surface area (TPSA) is 6.48 Å². The highest BCUT2D eigenvalue weighted by atomic mass is 79.9.